The van der Waals surface area contributed by atoms with Crippen molar-refractivity contribution in [2.24, 2.45) is 11.7 Å². The highest BCUT2D eigenvalue weighted by molar-refractivity contribution is 5.95. The van der Waals surface area contributed by atoms with Gasteiger partial charge in [0.1, 0.15) is 0 Å². The van der Waals surface area contributed by atoms with Crippen LogP contribution in [0.25, 0.3) is 0 Å². The van der Waals surface area contributed by atoms with Crippen molar-refractivity contribution in [1.82, 2.24) is 0 Å². The molecule has 0 spiro atoms. The summed E-state index contributed by atoms with van der Waals surface area (Å²) in [5.74, 6) is 0.225. The number of rotatable bonds is 4. The van der Waals surface area contributed by atoms with Gasteiger partial charge >= 0.3 is 0 Å². The number of hydrogen-bond acceptors (Lipinski definition) is 3. The molecular weight excluding hydrogens is 226 g/mol. The summed E-state index contributed by atoms with van der Waals surface area (Å²) < 4.78 is 5.40. The molecule has 0 amide bonds. The molecule has 2 N–H and O–H groups in total. The van der Waals surface area contributed by atoms with Gasteiger partial charge < -0.3 is 10.5 Å². The number of ether oxygens (including phenoxy) is 1. The van der Waals surface area contributed by atoms with Crippen molar-refractivity contribution in [2.45, 2.75) is 25.8 Å². The largest absolute Gasteiger partial charge is 0.490 e. The van der Waals surface area contributed by atoms with Gasteiger partial charge in [0.2, 0.25) is 5.78 Å². The first-order chi connectivity index (χ1) is 8.70. The van der Waals surface area contributed by atoms with Crippen molar-refractivity contribution in [3.63, 3.8) is 0 Å². The molecule has 0 aromatic heterocycles. The number of hydrogen-bond donors (Lipinski definition) is 1. The summed E-state index contributed by atoms with van der Waals surface area (Å²) in [7, 11) is 0. The first-order valence-electron chi connectivity index (χ1n) is 6.38. The van der Waals surface area contributed by atoms with E-state index in [1.807, 2.05) is 43.3 Å². The molecule has 0 saturated carbocycles. The summed E-state index contributed by atoms with van der Waals surface area (Å²) >= 11 is 0. The van der Waals surface area contributed by atoms with Crippen molar-refractivity contribution >= 4 is 5.78 Å². The summed E-state index contributed by atoms with van der Waals surface area (Å²) in [5, 5.41) is 0. The Morgan fingerprint density at radius 1 is 1.33 bits per heavy atom. The number of nitrogens with two attached hydrogens (primary N) is 1. The third kappa shape index (κ3) is 2.79. The SMILES string of the molecule is CC(C(=O)C1=CCCCO1)C(N)c1ccccc1. The fraction of sp³-hybridized carbons (Fsp3) is 0.400. The number of carbonyl (C=O) groups is 1. The summed E-state index contributed by atoms with van der Waals surface area (Å²) in [6.07, 6.45) is 3.77. The molecule has 1 aromatic carbocycles. The van der Waals surface area contributed by atoms with Gasteiger partial charge in [0.25, 0.3) is 0 Å². The second-order valence-corrected chi connectivity index (χ2v) is 4.65. The van der Waals surface area contributed by atoms with Gasteiger partial charge in [0, 0.05) is 12.0 Å². The van der Waals surface area contributed by atoms with Gasteiger partial charge in [-0.25, -0.2) is 0 Å². The van der Waals surface area contributed by atoms with Crippen LogP contribution < -0.4 is 5.73 Å². The molecular formula is C15H19NO2. The van der Waals surface area contributed by atoms with Crippen molar-refractivity contribution in [1.29, 1.82) is 0 Å². The highest BCUT2D eigenvalue weighted by Crippen LogP contribution is 2.24. The Hall–Kier alpha value is -1.61. The molecule has 18 heavy (non-hydrogen) atoms. The van der Waals surface area contributed by atoms with Crippen LogP contribution in [0.3, 0.4) is 0 Å². The van der Waals surface area contributed by atoms with Crippen LogP contribution in [0, 0.1) is 5.92 Å². The molecule has 0 bridgehead atoms. The average Bonchev–Trinajstić information content (AvgIpc) is 2.47. The molecule has 3 nitrogen and oxygen atoms in total. The van der Waals surface area contributed by atoms with Crippen LogP contribution in [0.2, 0.25) is 0 Å². The molecule has 1 aliphatic rings. The molecule has 2 rings (SSSR count). The third-order valence-corrected chi connectivity index (χ3v) is 3.32. The minimum absolute atomic E-state index is 0.00560. The van der Waals surface area contributed by atoms with Crippen molar-refractivity contribution < 1.29 is 9.53 Å². The third-order valence-electron chi connectivity index (χ3n) is 3.32. The highest BCUT2D eigenvalue weighted by atomic mass is 16.5. The standard InChI is InChI=1S/C15H19NO2/c1-11(14(16)12-7-3-2-4-8-12)15(17)13-9-5-6-10-18-13/h2-4,7-9,11,14H,5-6,10,16H2,1H3. The maximum atomic E-state index is 12.2. The number of carbonyl (C=O) groups excluding carboxylic acids is 1. The second kappa shape index (κ2) is 5.83. The molecule has 1 heterocycles. The van der Waals surface area contributed by atoms with E-state index >= 15 is 0 Å². The van der Waals surface area contributed by atoms with E-state index in [2.05, 4.69) is 0 Å². The van der Waals surface area contributed by atoms with E-state index in [1.165, 1.54) is 0 Å². The molecule has 3 heteroatoms. The molecule has 1 aliphatic heterocycles. The molecule has 2 atom stereocenters. The van der Waals surface area contributed by atoms with Gasteiger partial charge in [-0.3, -0.25) is 4.79 Å². The predicted molar refractivity (Wildman–Crippen MR) is 70.8 cm³/mol. The lowest BCUT2D eigenvalue weighted by atomic mass is 9.90. The van der Waals surface area contributed by atoms with Gasteiger partial charge in [-0.15, -0.1) is 0 Å². The van der Waals surface area contributed by atoms with Crippen molar-refractivity contribution in [3.8, 4) is 0 Å². The van der Waals surface area contributed by atoms with E-state index in [1.54, 1.807) is 0 Å². The zero-order chi connectivity index (χ0) is 13.0. The minimum atomic E-state index is -0.287. The number of Topliss-reactive ketones (excluding diaryl/α,β-unsaturated/α-hetero) is 1. The van der Waals surface area contributed by atoms with Crippen LogP contribution in [-0.2, 0) is 9.53 Å². The minimum Gasteiger partial charge on any atom is -0.490 e. The van der Waals surface area contributed by atoms with Crippen LogP contribution in [0.15, 0.2) is 42.2 Å². The lowest BCUT2D eigenvalue weighted by Gasteiger charge is -2.22. The molecule has 0 radical (unpaired) electrons. The summed E-state index contributed by atoms with van der Waals surface area (Å²) in [6, 6.07) is 9.42. The van der Waals surface area contributed by atoms with Crippen LogP contribution in [0.5, 0.6) is 0 Å². The molecule has 0 fully saturated rings. The smallest absolute Gasteiger partial charge is 0.201 e. The van der Waals surface area contributed by atoms with Gasteiger partial charge in [0.15, 0.2) is 5.76 Å². The number of ketones is 1. The van der Waals surface area contributed by atoms with Gasteiger partial charge in [0.05, 0.1) is 6.61 Å². The quantitative estimate of drug-likeness (QED) is 0.887. The van der Waals surface area contributed by atoms with E-state index in [4.69, 9.17) is 10.5 Å². The fourth-order valence-corrected chi connectivity index (χ4v) is 2.08. The Morgan fingerprint density at radius 3 is 2.67 bits per heavy atom. The number of allylic oxidation sites excluding steroid dienone is 2. The van der Waals surface area contributed by atoms with Crippen molar-refractivity contribution in [2.75, 3.05) is 6.61 Å². The Kier molecular flexibility index (Phi) is 4.15. The summed E-state index contributed by atoms with van der Waals surface area (Å²) in [5.41, 5.74) is 7.12. The van der Waals surface area contributed by atoms with Gasteiger partial charge in [-0.05, 0) is 24.5 Å². The zero-order valence-corrected chi connectivity index (χ0v) is 10.6. The lowest BCUT2D eigenvalue weighted by Crippen LogP contribution is -2.28. The zero-order valence-electron chi connectivity index (χ0n) is 10.6. The van der Waals surface area contributed by atoms with E-state index in [-0.39, 0.29) is 17.7 Å². The van der Waals surface area contributed by atoms with Crippen LogP contribution in [0.4, 0.5) is 0 Å². The molecule has 0 aliphatic carbocycles. The Labute approximate surface area is 108 Å². The number of benzene rings is 1. The molecule has 0 saturated heterocycles. The highest BCUT2D eigenvalue weighted by Gasteiger charge is 2.26. The maximum absolute atomic E-state index is 12.2. The summed E-state index contributed by atoms with van der Waals surface area (Å²) in [4.78, 5) is 12.2. The van der Waals surface area contributed by atoms with Crippen LogP contribution >= 0.6 is 0 Å². The normalized spacial score (nSPS) is 18.4. The van der Waals surface area contributed by atoms with E-state index in [0.717, 1.165) is 18.4 Å². The second-order valence-electron chi connectivity index (χ2n) is 4.65. The first kappa shape index (κ1) is 12.8. The maximum Gasteiger partial charge on any atom is 0.201 e. The predicted octanol–water partition coefficient (Wildman–Crippen LogP) is 2.59. The fourth-order valence-electron chi connectivity index (χ4n) is 2.08. The average molecular weight is 245 g/mol. The van der Waals surface area contributed by atoms with Gasteiger partial charge in [-0.2, -0.15) is 0 Å². The summed E-state index contributed by atoms with van der Waals surface area (Å²) in [6.45, 7) is 2.49. The Morgan fingerprint density at radius 2 is 2.06 bits per heavy atom. The first-order valence-corrected chi connectivity index (χ1v) is 6.38. The van der Waals surface area contributed by atoms with Crippen LogP contribution in [0.1, 0.15) is 31.4 Å². The Bertz CT molecular complexity index is 439. The Balaban J connectivity index is 2.09. The van der Waals surface area contributed by atoms with Crippen LogP contribution in [-0.4, -0.2) is 12.4 Å². The van der Waals surface area contributed by atoms with E-state index in [0.29, 0.717) is 12.4 Å². The van der Waals surface area contributed by atoms with Gasteiger partial charge in [-0.1, -0.05) is 37.3 Å². The molecule has 1 aromatic rings. The van der Waals surface area contributed by atoms with E-state index < -0.39 is 0 Å². The molecule has 96 valence electrons. The monoisotopic (exact) mass is 245 g/mol. The van der Waals surface area contributed by atoms with Crippen molar-refractivity contribution in [3.05, 3.63) is 47.7 Å². The molecule has 2 unspecified atom stereocenters. The lowest BCUT2D eigenvalue weighted by molar-refractivity contribution is -0.123. The van der Waals surface area contributed by atoms with E-state index in [9.17, 15) is 4.79 Å². The topological polar surface area (TPSA) is 52.3 Å².